The van der Waals surface area contributed by atoms with Gasteiger partial charge < -0.3 is 24.8 Å². The topological polar surface area (TPSA) is 88.1 Å². The number of carboxylic acids is 1. The summed E-state index contributed by atoms with van der Waals surface area (Å²) < 4.78 is 10.5. The van der Waals surface area contributed by atoms with Crippen molar-refractivity contribution in [1.82, 2.24) is 10.2 Å². The maximum Gasteiger partial charge on any atom is 0.317 e. The van der Waals surface area contributed by atoms with E-state index in [-0.39, 0.29) is 18.5 Å². The fourth-order valence-corrected chi connectivity index (χ4v) is 1.73. The first-order chi connectivity index (χ1) is 10.0. The van der Waals surface area contributed by atoms with Gasteiger partial charge >= 0.3 is 12.0 Å². The highest BCUT2D eigenvalue weighted by atomic mass is 16.5. The Labute approximate surface area is 126 Å². The minimum absolute atomic E-state index is 0.0764. The summed E-state index contributed by atoms with van der Waals surface area (Å²) in [5.41, 5.74) is 0. The number of hydrogen-bond acceptors (Lipinski definition) is 4. The molecule has 0 fully saturated rings. The second-order valence-corrected chi connectivity index (χ2v) is 4.53. The fraction of sp³-hybridized carbons (Fsp3) is 0.857. The number of urea groups is 1. The van der Waals surface area contributed by atoms with Crippen molar-refractivity contribution in [2.24, 2.45) is 0 Å². The largest absolute Gasteiger partial charge is 0.481 e. The van der Waals surface area contributed by atoms with E-state index in [2.05, 4.69) is 5.32 Å². The lowest BCUT2D eigenvalue weighted by molar-refractivity contribution is -0.137. The van der Waals surface area contributed by atoms with Gasteiger partial charge in [0.1, 0.15) is 0 Å². The Morgan fingerprint density at radius 3 is 2.00 bits per heavy atom. The number of carbonyl (C=O) groups is 2. The summed E-state index contributed by atoms with van der Waals surface area (Å²) in [5.74, 6) is -0.919. The molecule has 21 heavy (non-hydrogen) atoms. The van der Waals surface area contributed by atoms with Crippen molar-refractivity contribution in [3.63, 3.8) is 0 Å². The number of carboxylic acid groups (broad SMARTS) is 1. The van der Waals surface area contributed by atoms with Crippen molar-refractivity contribution in [3.05, 3.63) is 0 Å². The predicted molar refractivity (Wildman–Crippen MR) is 79.4 cm³/mol. The molecule has 0 saturated heterocycles. The van der Waals surface area contributed by atoms with E-state index in [4.69, 9.17) is 14.6 Å². The molecule has 1 unspecified atom stereocenters. The molecular formula is C14H28N2O5. The Morgan fingerprint density at radius 2 is 1.62 bits per heavy atom. The molecule has 0 spiro atoms. The van der Waals surface area contributed by atoms with Gasteiger partial charge in [0.05, 0.1) is 19.6 Å². The molecule has 2 N–H and O–H groups in total. The number of nitrogens with one attached hydrogen (secondary N) is 1. The van der Waals surface area contributed by atoms with Gasteiger partial charge in [-0.2, -0.15) is 0 Å². The van der Waals surface area contributed by atoms with Crippen molar-refractivity contribution in [2.75, 3.05) is 39.5 Å². The van der Waals surface area contributed by atoms with Gasteiger partial charge in [0, 0.05) is 32.3 Å². The number of rotatable bonds is 12. The second kappa shape index (κ2) is 12.4. The number of amides is 2. The fourth-order valence-electron chi connectivity index (χ4n) is 1.73. The molecule has 7 nitrogen and oxygen atoms in total. The summed E-state index contributed by atoms with van der Waals surface area (Å²) in [6.45, 7) is 8.63. The molecule has 7 heteroatoms. The van der Waals surface area contributed by atoms with E-state index in [1.165, 1.54) is 0 Å². The van der Waals surface area contributed by atoms with E-state index in [0.29, 0.717) is 45.9 Å². The molecule has 124 valence electrons. The number of carbonyl (C=O) groups excluding carboxylic acids is 1. The molecule has 0 heterocycles. The Hall–Kier alpha value is -1.34. The van der Waals surface area contributed by atoms with Crippen molar-refractivity contribution < 1.29 is 24.2 Å². The van der Waals surface area contributed by atoms with Crippen LogP contribution in [0.2, 0.25) is 0 Å². The van der Waals surface area contributed by atoms with E-state index in [1.807, 2.05) is 20.8 Å². The molecule has 0 aliphatic carbocycles. The standard InChI is InChI=1S/C14H28N2O5/c1-4-12(11-13(17)18)15-14(19)16(7-9-20-5-2)8-10-21-6-3/h12H,4-11H2,1-3H3,(H,15,19)(H,17,18). The zero-order chi connectivity index (χ0) is 16.1. The maximum atomic E-state index is 12.2. The number of hydrogen-bond donors (Lipinski definition) is 2. The summed E-state index contributed by atoms with van der Waals surface area (Å²) in [4.78, 5) is 24.5. The van der Waals surface area contributed by atoms with Gasteiger partial charge in [-0.05, 0) is 20.3 Å². The van der Waals surface area contributed by atoms with Gasteiger partial charge in [0.15, 0.2) is 0 Å². The van der Waals surface area contributed by atoms with Crippen LogP contribution in [0.25, 0.3) is 0 Å². The highest BCUT2D eigenvalue weighted by Crippen LogP contribution is 2.00. The van der Waals surface area contributed by atoms with Gasteiger partial charge in [-0.1, -0.05) is 6.92 Å². The average Bonchev–Trinajstić information content (AvgIpc) is 2.44. The highest BCUT2D eigenvalue weighted by molar-refractivity contribution is 5.76. The van der Waals surface area contributed by atoms with Crippen LogP contribution in [-0.4, -0.2) is 67.6 Å². The highest BCUT2D eigenvalue weighted by Gasteiger charge is 2.18. The predicted octanol–water partition coefficient (Wildman–Crippen LogP) is 1.32. The van der Waals surface area contributed by atoms with Crippen molar-refractivity contribution in [1.29, 1.82) is 0 Å². The van der Waals surface area contributed by atoms with Crippen LogP contribution < -0.4 is 5.32 Å². The summed E-state index contributed by atoms with van der Waals surface area (Å²) in [7, 11) is 0. The van der Waals surface area contributed by atoms with Gasteiger partial charge in [-0.3, -0.25) is 4.79 Å². The van der Waals surface area contributed by atoms with Crippen LogP contribution in [0.1, 0.15) is 33.6 Å². The summed E-state index contributed by atoms with van der Waals surface area (Å²) >= 11 is 0. The molecular weight excluding hydrogens is 276 g/mol. The maximum absolute atomic E-state index is 12.2. The normalized spacial score (nSPS) is 12.0. The molecule has 0 aliphatic rings. The SMILES string of the molecule is CCOCCN(CCOCC)C(=O)NC(CC)CC(=O)O. The van der Waals surface area contributed by atoms with Crippen LogP contribution in [0, 0.1) is 0 Å². The van der Waals surface area contributed by atoms with E-state index in [9.17, 15) is 9.59 Å². The van der Waals surface area contributed by atoms with E-state index in [1.54, 1.807) is 4.90 Å². The van der Waals surface area contributed by atoms with E-state index >= 15 is 0 Å². The average molecular weight is 304 g/mol. The molecule has 0 rings (SSSR count). The Morgan fingerprint density at radius 1 is 1.10 bits per heavy atom. The third kappa shape index (κ3) is 10.1. The molecule has 0 aromatic carbocycles. The third-order valence-electron chi connectivity index (χ3n) is 2.95. The molecule has 0 saturated carbocycles. The van der Waals surface area contributed by atoms with Crippen LogP contribution in [0.3, 0.4) is 0 Å². The zero-order valence-electron chi connectivity index (χ0n) is 13.3. The van der Waals surface area contributed by atoms with Crippen molar-refractivity contribution >= 4 is 12.0 Å². The van der Waals surface area contributed by atoms with Crippen LogP contribution in [0.4, 0.5) is 4.79 Å². The van der Waals surface area contributed by atoms with Gasteiger partial charge in [0.2, 0.25) is 0 Å². The summed E-state index contributed by atoms with van der Waals surface area (Å²) in [5, 5.41) is 11.6. The van der Waals surface area contributed by atoms with Gasteiger partial charge in [0.25, 0.3) is 0 Å². The molecule has 0 bridgehead atoms. The van der Waals surface area contributed by atoms with Gasteiger partial charge in [-0.15, -0.1) is 0 Å². The third-order valence-corrected chi connectivity index (χ3v) is 2.95. The molecule has 0 aromatic rings. The number of ether oxygens (including phenoxy) is 2. The van der Waals surface area contributed by atoms with E-state index in [0.717, 1.165) is 0 Å². The number of aliphatic carboxylic acids is 1. The Kier molecular flexibility index (Phi) is 11.6. The van der Waals surface area contributed by atoms with Crippen molar-refractivity contribution in [2.45, 2.75) is 39.7 Å². The second-order valence-electron chi connectivity index (χ2n) is 4.53. The van der Waals surface area contributed by atoms with Gasteiger partial charge in [-0.25, -0.2) is 4.79 Å². The van der Waals surface area contributed by atoms with Crippen LogP contribution in [0.15, 0.2) is 0 Å². The summed E-state index contributed by atoms with van der Waals surface area (Å²) in [6.07, 6.45) is 0.496. The zero-order valence-corrected chi connectivity index (χ0v) is 13.3. The summed E-state index contributed by atoms with van der Waals surface area (Å²) in [6, 6.07) is -0.640. The number of nitrogens with zero attached hydrogens (tertiary/aromatic N) is 1. The molecule has 2 amide bonds. The first-order valence-corrected chi connectivity index (χ1v) is 7.47. The Bertz CT molecular complexity index is 289. The molecule has 0 aliphatic heterocycles. The lowest BCUT2D eigenvalue weighted by Gasteiger charge is -2.25. The monoisotopic (exact) mass is 304 g/mol. The molecule has 1 atom stereocenters. The minimum Gasteiger partial charge on any atom is -0.481 e. The molecule has 0 radical (unpaired) electrons. The van der Waals surface area contributed by atoms with E-state index < -0.39 is 5.97 Å². The smallest absolute Gasteiger partial charge is 0.317 e. The van der Waals surface area contributed by atoms with Crippen LogP contribution in [0.5, 0.6) is 0 Å². The first kappa shape index (κ1) is 19.7. The minimum atomic E-state index is -0.919. The van der Waals surface area contributed by atoms with Crippen molar-refractivity contribution in [3.8, 4) is 0 Å². The Balaban J connectivity index is 4.40. The quantitative estimate of drug-likeness (QED) is 0.531. The first-order valence-electron chi connectivity index (χ1n) is 7.47. The van der Waals surface area contributed by atoms with Crippen LogP contribution in [-0.2, 0) is 14.3 Å². The lowest BCUT2D eigenvalue weighted by Crippen LogP contribution is -2.47. The lowest BCUT2D eigenvalue weighted by atomic mass is 10.1. The molecule has 0 aromatic heterocycles. The van der Waals surface area contributed by atoms with Crippen LogP contribution >= 0.6 is 0 Å².